The van der Waals surface area contributed by atoms with Gasteiger partial charge in [0, 0.05) is 59.9 Å². The van der Waals surface area contributed by atoms with Crippen LogP contribution in [0.3, 0.4) is 0 Å². The van der Waals surface area contributed by atoms with Crippen molar-refractivity contribution in [1.29, 1.82) is 0 Å². The van der Waals surface area contributed by atoms with Crippen molar-refractivity contribution in [2.24, 2.45) is 0 Å². The molecule has 0 bridgehead atoms. The molecule has 0 atom stereocenters. The van der Waals surface area contributed by atoms with Crippen molar-refractivity contribution in [1.82, 2.24) is 34.9 Å². The molecule has 0 fully saturated rings. The maximum Gasteiger partial charge on any atom is 0.254 e. The van der Waals surface area contributed by atoms with E-state index in [4.69, 9.17) is 0 Å². The standard InChI is InChI=1S/C26H24N8O/c1-2-5-22-14-23(34-26(31-22)32-24(33-34)20-7-4-13-28-17-20)30-21-10-8-19(9-11-21)25(35)29-16-18-6-3-12-27-15-18/h3-4,6-15,17,30H,2,5,16H2,1H3,(H,29,35). The minimum Gasteiger partial charge on any atom is -0.348 e. The predicted octanol–water partition coefficient (Wildman–Crippen LogP) is 4.21. The van der Waals surface area contributed by atoms with Crippen LogP contribution in [0.2, 0.25) is 0 Å². The van der Waals surface area contributed by atoms with E-state index in [-0.39, 0.29) is 5.91 Å². The predicted molar refractivity (Wildman–Crippen MR) is 133 cm³/mol. The summed E-state index contributed by atoms with van der Waals surface area (Å²) in [7, 11) is 0. The van der Waals surface area contributed by atoms with Crippen LogP contribution < -0.4 is 10.6 Å². The first kappa shape index (κ1) is 22.1. The maximum atomic E-state index is 12.5. The third kappa shape index (κ3) is 5.14. The molecule has 0 radical (unpaired) electrons. The summed E-state index contributed by atoms with van der Waals surface area (Å²) in [5.74, 6) is 1.68. The highest BCUT2D eigenvalue weighted by atomic mass is 16.1. The molecule has 0 saturated carbocycles. The zero-order valence-electron chi connectivity index (χ0n) is 19.2. The Morgan fingerprint density at radius 3 is 2.49 bits per heavy atom. The number of pyridine rings is 2. The fourth-order valence-corrected chi connectivity index (χ4v) is 3.65. The van der Waals surface area contributed by atoms with Crippen molar-refractivity contribution in [2.75, 3.05) is 5.32 Å². The first-order valence-corrected chi connectivity index (χ1v) is 11.4. The molecule has 0 spiro atoms. The Kier molecular flexibility index (Phi) is 6.38. The van der Waals surface area contributed by atoms with Gasteiger partial charge in [-0.05, 0) is 54.4 Å². The summed E-state index contributed by atoms with van der Waals surface area (Å²) in [6.45, 7) is 2.54. The minimum absolute atomic E-state index is 0.144. The van der Waals surface area contributed by atoms with Gasteiger partial charge in [0.2, 0.25) is 0 Å². The third-order valence-electron chi connectivity index (χ3n) is 5.39. The van der Waals surface area contributed by atoms with Crippen molar-refractivity contribution in [3.8, 4) is 11.4 Å². The number of nitrogens with zero attached hydrogens (tertiary/aromatic N) is 6. The molecule has 0 unspecified atom stereocenters. The van der Waals surface area contributed by atoms with Gasteiger partial charge in [-0.1, -0.05) is 19.4 Å². The number of hydrogen-bond acceptors (Lipinski definition) is 7. The molecule has 1 aromatic carbocycles. The molecule has 4 heterocycles. The number of aromatic nitrogens is 6. The number of fused-ring (bicyclic) bond motifs is 1. The van der Waals surface area contributed by atoms with E-state index in [1.807, 2.05) is 42.5 Å². The molecule has 0 aliphatic carbocycles. The lowest BCUT2D eigenvalue weighted by Crippen LogP contribution is -2.22. The van der Waals surface area contributed by atoms with E-state index in [0.717, 1.165) is 41.2 Å². The number of hydrogen-bond donors (Lipinski definition) is 2. The molecule has 0 saturated heterocycles. The molecule has 1 amide bonds. The van der Waals surface area contributed by atoms with E-state index in [1.54, 1.807) is 41.4 Å². The van der Waals surface area contributed by atoms with E-state index < -0.39 is 0 Å². The lowest BCUT2D eigenvalue weighted by molar-refractivity contribution is 0.0951. The fraction of sp³-hybridized carbons (Fsp3) is 0.154. The third-order valence-corrected chi connectivity index (χ3v) is 5.39. The summed E-state index contributed by atoms with van der Waals surface area (Å²) < 4.78 is 1.69. The topological polar surface area (TPSA) is 110 Å². The number of amides is 1. The molecular formula is C26H24N8O. The lowest BCUT2D eigenvalue weighted by atomic mass is 10.2. The Labute approximate surface area is 202 Å². The molecule has 4 aromatic heterocycles. The molecular weight excluding hydrogens is 440 g/mol. The molecule has 0 aliphatic rings. The maximum absolute atomic E-state index is 12.5. The van der Waals surface area contributed by atoms with Crippen molar-refractivity contribution >= 4 is 23.2 Å². The van der Waals surface area contributed by atoms with Crippen molar-refractivity contribution in [3.05, 3.63) is 96.2 Å². The molecule has 35 heavy (non-hydrogen) atoms. The SMILES string of the molecule is CCCc1cc(Nc2ccc(C(=O)NCc3cccnc3)cc2)n2nc(-c3cccnc3)nc2n1. The number of anilines is 2. The average Bonchev–Trinajstić information content (AvgIpc) is 3.34. The Bertz CT molecular complexity index is 1430. The van der Waals surface area contributed by atoms with E-state index in [1.165, 1.54) is 0 Å². The summed E-state index contributed by atoms with van der Waals surface area (Å²) in [4.78, 5) is 30.0. The van der Waals surface area contributed by atoms with Gasteiger partial charge in [0.15, 0.2) is 5.82 Å². The molecule has 5 rings (SSSR count). The summed E-state index contributed by atoms with van der Waals surface area (Å²) in [5, 5.41) is 11.0. The van der Waals surface area contributed by atoms with Crippen LogP contribution >= 0.6 is 0 Å². The highest BCUT2D eigenvalue weighted by Crippen LogP contribution is 2.22. The molecule has 0 aliphatic heterocycles. The van der Waals surface area contributed by atoms with Gasteiger partial charge >= 0.3 is 0 Å². The van der Waals surface area contributed by atoms with Gasteiger partial charge in [-0.15, -0.1) is 5.10 Å². The van der Waals surface area contributed by atoms with E-state index >= 15 is 0 Å². The fourth-order valence-electron chi connectivity index (χ4n) is 3.65. The smallest absolute Gasteiger partial charge is 0.254 e. The monoisotopic (exact) mass is 464 g/mol. The number of nitrogens with one attached hydrogen (secondary N) is 2. The number of aryl methyl sites for hydroxylation is 1. The molecule has 9 heteroatoms. The summed E-state index contributed by atoms with van der Waals surface area (Å²) in [5.41, 5.74) is 4.09. The quantitative estimate of drug-likeness (QED) is 0.354. The molecule has 2 N–H and O–H groups in total. The van der Waals surface area contributed by atoms with Gasteiger partial charge in [-0.2, -0.15) is 9.50 Å². The van der Waals surface area contributed by atoms with E-state index in [2.05, 4.69) is 42.6 Å². The van der Waals surface area contributed by atoms with Crippen LogP contribution in [0.4, 0.5) is 11.5 Å². The van der Waals surface area contributed by atoms with Crippen molar-refractivity contribution < 1.29 is 4.79 Å². The number of benzene rings is 1. The van der Waals surface area contributed by atoms with E-state index in [9.17, 15) is 4.79 Å². The molecule has 5 aromatic rings. The van der Waals surface area contributed by atoms with Crippen LogP contribution in [0.1, 0.15) is 35.0 Å². The first-order chi connectivity index (χ1) is 17.2. The van der Waals surface area contributed by atoms with Gasteiger partial charge in [0.05, 0.1) is 0 Å². The van der Waals surface area contributed by atoms with Crippen LogP contribution in [0.15, 0.2) is 79.4 Å². The van der Waals surface area contributed by atoms with Crippen LogP contribution in [-0.2, 0) is 13.0 Å². The van der Waals surface area contributed by atoms with Crippen molar-refractivity contribution in [3.63, 3.8) is 0 Å². The minimum atomic E-state index is -0.144. The van der Waals surface area contributed by atoms with Crippen molar-refractivity contribution in [2.45, 2.75) is 26.3 Å². The highest BCUT2D eigenvalue weighted by Gasteiger charge is 2.13. The zero-order chi connectivity index (χ0) is 24.0. The Morgan fingerprint density at radius 1 is 0.971 bits per heavy atom. The summed E-state index contributed by atoms with van der Waals surface area (Å²) in [6.07, 6.45) is 8.68. The largest absolute Gasteiger partial charge is 0.348 e. The van der Waals surface area contributed by atoms with Gasteiger partial charge in [0.25, 0.3) is 11.7 Å². The Morgan fingerprint density at radius 2 is 1.77 bits per heavy atom. The second-order valence-corrected chi connectivity index (χ2v) is 8.02. The highest BCUT2D eigenvalue weighted by molar-refractivity contribution is 5.94. The summed E-state index contributed by atoms with van der Waals surface area (Å²) in [6, 6.07) is 16.8. The Balaban J connectivity index is 1.37. The van der Waals surface area contributed by atoms with Gasteiger partial charge in [0.1, 0.15) is 5.82 Å². The van der Waals surface area contributed by atoms with Crippen LogP contribution in [-0.4, -0.2) is 35.5 Å². The normalized spacial score (nSPS) is 10.9. The Hall–Kier alpha value is -4.66. The number of rotatable bonds is 8. The van der Waals surface area contributed by atoms with Gasteiger partial charge in [-0.25, -0.2) is 4.98 Å². The second-order valence-electron chi connectivity index (χ2n) is 8.02. The lowest BCUT2D eigenvalue weighted by Gasteiger charge is -2.10. The second kappa shape index (κ2) is 10.1. The average molecular weight is 465 g/mol. The van der Waals surface area contributed by atoms with Crippen LogP contribution in [0, 0.1) is 0 Å². The first-order valence-electron chi connectivity index (χ1n) is 11.4. The molecule has 9 nitrogen and oxygen atoms in total. The molecule has 174 valence electrons. The zero-order valence-corrected chi connectivity index (χ0v) is 19.2. The van der Waals surface area contributed by atoms with Crippen LogP contribution in [0.5, 0.6) is 0 Å². The van der Waals surface area contributed by atoms with Crippen LogP contribution in [0.25, 0.3) is 17.2 Å². The van der Waals surface area contributed by atoms with Gasteiger partial charge in [-0.3, -0.25) is 14.8 Å². The summed E-state index contributed by atoms with van der Waals surface area (Å²) >= 11 is 0. The number of carbonyl (C=O) groups excluding carboxylic acids is 1. The van der Waals surface area contributed by atoms with Gasteiger partial charge < -0.3 is 10.6 Å². The van der Waals surface area contributed by atoms with E-state index in [0.29, 0.717) is 23.7 Å². The number of carbonyl (C=O) groups is 1.